The Morgan fingerprint density at radius 3 is 2.54 bits per heavy atom. The molecule has 0 bridgehead atoms. The van der Waals surface area contributed by atoms with Crippen LogP contribution in [0.15, 0.2) is 36.4 Å². The van der Waals surface area contributed by atoms with Gasteiger partial charge in [-0.15, -0.1) is 0 Å². The first kappa shape index (κ1) is 18.1. The third kappa shape index (κ3) is 3.32. The average molecular weight is 374 g/mol. The predicted molar refractivity (Wildman–Crippen MR) is 107 cm³/mol. The van der Waals surface area contributed by atoms with Crippen LogP contribution >= 0.6 is 11.6 Å². The van der Waals surface area contributed by atoms with E-state index in [4.69, 9.17) is 17.3 Å². The van der Waals surface area contributed by atoms with Gasteiger partial charge in [0.25, 0.3) is 0 Å². The minimum Gasteiger partial charge on any atom is -0.397 e. The van der Waals surface area contributed by atoms with Crippen molar-refractivity contribution in [2.75, 3.05) is 30.0 Å². The van der Waals surface area contributed by atoms with Gasteiger partial charge in [-0.3, -0.25) is 4.68 Å². The van der Waals surface area contributed by atoms with E-state index in [0.717, 1.165) is 28.5 Å². The van der Waals surface area contributed by atoms with Crippen LogP contribution in [-0.4, -0.2) is 23.9 Å². The summed E-state index contributed by atoms with van der Waals surface area (Å²) in [4.78, 5) is 1.98. The van der Waals surface area contributed by atoms with Crippen LogP contribution in [0.5, 0.6) is 0 Å². The summed E-state index contributed by atoms with van der Waals surface area (Å²) in [5, 5.41) is 8.15. The van der Waals surface area contributed by atoms with Crippen LogP contribution in [0.3, 0.4) is 0 Å². The molecule has 0 aliphatic rings. The van der Waals surface area contributed by atoms with E-state index in [1.54, 1.807) is 10.7 Å². The van der Waals surface area contributed by atoms with Gasteiger partial charge >= 0.3 is 0 Å². The number of hydrogen-bond donors (Lipinski definition) is 2. The Labute approximate surface area is 157 Å². The first-order chi connectivity index (χ1) is 12.3. The van der Waals surface area contributed by atoms with Crippen LogP contribution in [-0.2, 0) is 7.05 Å². The van der Waals surface area contributed by atoms with Gasteiger partial charge in [-0.25, -0.2) is 4.39 Å². The van der Waals surface area contributed by atoms with Gasteiger partial charge in [-0.1, -0.05) is 11.6 Å². The molecule has 5 nitrogen and oxygen atoms in total. The second kappa shape index (κ2) is 6.88. The normalized spacial score (nSPS) is 10.8. The molecule has 0 radical (unpaired) electrons. The van der Waals surface area contributed by atoms with E-state index in [1.807, 2.05) is 51.2 Å². The lowest BCUT2D eigenvalue weighted by atomic mass is 10.1. The van der Waals surface area contributed by atoms with Gasteiger partial charge in [0, 0.05) is 38.0 Å². The fourth-order valence-electron chi connectivity index (χ4n) is 2.89. The smallest absolute Gasteiger partial charge is 0.136 e. The highest BCUT2D eigenvalue weighted by atomic mass is 35.5. The molecule has 26 heavy (non-hydrogen) atoms. The van der Waals surface area contributed by atoms with Crippen LogP contribution in [0.2, 0.25) is 5.02 Å². The summed E-state index contributed by atoms with van der Waals surface area (Å²) in [7, 11) is 5.75. The number of anilines is 4. The molecule has 3 aromatic rings. The largest absolute Gasteiger partial charge is 0.397 e. The van der Waals surface area contributed by atoms with Crippen LogP contribution in [0.4, 0.5) is 27.3 Å². The van der Waals surface area contributed by atoms with Gasteiger partial charge in [-0.2, -0.15) is 5.10 Å². The van der Waals surface area contributed by atoms with E-state index in [-0.39, 0.29) is 5.82 Å². The zero-order valence-electron chi connectivity index (χ0n) is 15.1. The number of hydrogen-bond acceptors (Lipinski definition) is 4. The van der Waals surface area contributed by atoms with Crippen molar-refractivity contribution in [2.45, 2.75) is 6.92 Å². The number of nitrogen functional groups attached to an aromatic ring is 1. The van der Waals surface area contributed by atoms with E-state index in [0.29, 0.717) is 16.3 Å². The van der Waals surface area contributed by atoms with Crippen molar-refractivity contribution < 1.29 is 4.39 Å². The number of rotatable bonds is 4. The summed E-state index contributed by atoms with van der Waals surface area (Å²) >= 11 is 6.27. The zero-order chi connectivity index (χ0) is 19.0. The second-order valence-electron chi connectivity index (χ2n) is 6.35. The fraction of sp³-hybridized carbons (Fsp3) is 0.211. The SMILES string of the molecule is Cc1nn(C)c(Nc2ccc(N(C)C)cc2N)c1-c1ccc(F)cc1Cl. The van der Waals surface area contributed by atoms with E-state index in [9.17, 15) is 4.39 Å². The molecule has 136 valence electrons. The van der Waals surface area contributed by atoms with E-state index in [1.165, 1.54) is 12.1 Å². The van der Waals surface area contributed by atoms with Gasteiger partial charge in [0.2, 0.25) is 0 Å². The van der Waals surface area contributed by atoms with Crippen molar-refractivity contribution in [3.05, 3.63) is 52.9 Å². The maximum absolute atomic E-state index is 13.4. The van der Waals surface area contributed by atoms with Crippen LogP contribution in [0, 0.1) is 12.7 Å². The monoisotopic (exact) mass is 373 g/mol. The summed E-state index contributed by atoms with van der Waals surface area (Å²) in [6, 6.07) is 10.1. The summed E-state index contributed by atoms with van der Waals surface area (Å²) in [6.07, 6.45) is 0. The van der Waals surface area contributed by atoms with Crippen molar-refractivity contribution in [2.24, 2.45) is 7.05 Å². The maximum atomic E-state index is 13.4. The molecular formula is C19H21ClFN5. The lowest BCUT2D eigenvalue weighted by molar-refractivity contribution is 0.628. The third-order valence-electron chi connectivity index (χ3n) is 4.23. The van der Waals surface area contributed by atoms with Crippen molar-refractivity contribution in [3.63, 3.8) is 0 Å². The van der Waals surface area contributed by atoms with Crippen molar-refractivity contribution in [1.82, 2.24) is 9.78 Å². The molecule has 2 aromatic carbocycles. The van der Waals surface area contributed by atoms with Crippen molar-refractivity contribution >= 4 is 34.5 Å². The number of aryl methyl sites for hydroxylation is 2. The van der Waals surface area contributed by atoms with Gasteiger partial charge in [0.15, 0.2) is 0 Å². The summed E-state index contributed by atoms with van der Waals surface area (Å²) in [5.41, 5.74) is 10.9. The molecule has 0 aliphatic heterocycles. The standard InChI is InChI=1S/C19H21ClFN5/c1-11-18(14-7-5-12(21)9-15(14)20)19(26(4)24-11)23-17-8-6-13(25(2)3)10-16(17)22/h5-10,23H,22H2,1-4H3. The van der Waals surface area contributed by atoms with Crippen molar-refractivity contribution in [3.8, 4) is 11.1 Å². The molecule has 3 rings (SSSR count). The highest BCUT2D eigenvalue weighted by molar-refractivity contribution is 6.33. The Hall–Kier alpha value is -2.73. The molecule has 7 heteroatoms. The molecule has 1 heterocycles. The lowest BCUT2D eigenvalue weighted by Gasteiger charge is -2.17. The molecule has 0 saturated carbocycles. The number of nitrogens with one attached hydrogen (secondary N) is 1. The molecule has 0 spiro atoms. The summed E-state index contributed by atoms with van der Waals surface area (Å²) < 4.78 is 15.2. The molecule has 0 saturated heterocycles. The number of nitrogens with zero attached hydrogens (tertiary/aromatic N) is 3. The Bertz CT molecular complexity index is 965. The highest BCUT2D eigenvalue weighted by Gasteiger charge is 2.19. The Morgan fingerprint density at radius 1 is 1.19 bits per heavy atom. The quantitative estimate of drug-likeness (QED) is 0.657. The molecule has 0 aliphatic carbocycles. The van der Waals surface area contributed by atoms with Crippen LogP contribution in [0.1, 0.15) is 5.69 Å². The molecule has 0 amide bonds. The van der Waals surface area contributed by atoms with E-state index < -0.39 is 0 Å². The Balaban J connectivity index is 2.07. The Morgan fingerprint density at radius 2 is 1.92 bits per heavy atom. The maximum Gasteiger partial charge on any atom is 0.136 e. The van der Waals surface area contributed by atoms with Crippen LogP contribution in [0.25, 0.3) is 11.1 Å². The van der Waals surface area contributed by atoms with Gasteiger partial charge in [0.1, 0.15) is 11.6 Å². The minimum absolute atomic E-state index is 0.333. The molecule has 3 N–H and O–H groups in total. The predicted octanol–water partition coefficient (Wildman–Crippen LogP) is 4.58. The van der Waals surface area contributed by atoms with Gasteiger partial charge < -0.3 is 16.0 Å². The number of nitrogens with two attached hydrogens (primary N) is 1. The Kier molecular flexibility index (Phi) is 4.78. The minimum atomic E-state index is -0.377. The second-order valence-corrected chi connectivity index (χ2v) is 6.75. The van der Waals surface area contributed by atoms with Crippen molar-refractivity contribution in [1.29, 1.82) is 0 Å². The van der Waals surface area contributed by atoms with Gasteiger partial charge in [0.05, 0.1) is 22.1 Å². The summed E-state index contributed by atoms with van der Waals surface area (Å²) in [6.45, 7) is 1.89. The number of halogens is 2. The number of aromatic nitrogens is 2. The fourth-order valence-corrected chi connectivity index (χ4v) is 3.15. The molecule has 0 unspecified atom stereocenters. The van der Waals surface area contributed by atoms with E-state index >= 15 is 0 Å². The topological polar surface area (TPSA) is 59.1 Å². The zero-order valence-corrected chi connectivity index (χ0v) is 15.9. The molecule has 0 atom stereocenters. The average Bonchev–Trinajstić information content (AvgIpc) is 2.83. The molecule has 0 fully saturated rings. The molecular weight excluding hydrogens is 353 g/mol. The lowest BCUT2D eigenvalue weighted by Crippen LogP contribution is -2.09. The molecule has 1 aromatic heterocycles. The highest BCUT2D eigenvalue weighted by Crippen LogP contribution is 2.38. The van der Waals surface area contributed by atoms with Crippen LogP contribution < -0.4 is 16.0 Å². The first-order valence-corrected chi connectivity index (χ1v) is 8.48. The number of benzene rings is 2. The first-order valence-electron chi connectivity index (χ1n) is 8.11. The van der Waals surface area contributed by atoms with E-state index in [2.05, 4.69) is 10.4 Å². The summed E-state index contributed by atoms with van der Waals surface area (Å²) in [5.74, 6) is 0.360. The van der Waals surface area contributed by atoms with Gasteiger partial charge in [-0.05, 0) is 43.3 Å². The third-order valence-corrected chi connectivity index (χ3v) is 4.54.